The first-order valence-electron chi connectivity index (χ1n) is 5.96. The van der Waals surface area contributed by atoms with Gasteiger partial charge >= 0.3 is 5.97 Å². The number of hydrogen-bond donors (Lipinski definition) is 1. The lowest BCUT2D eigenvalue weighted by molar-refractivity contribution is -0.144. The zero-order chi connectivity index (χ0) is 14.4. The molecule has 1 heterocycles. The Morgan fingerprint density at radius 2 is 2.11 bits per heavy atom. The summed E-state index contributed by atoms with van der Waals surface area (Å²) in [6.45, 7) is 3.67. The molecule has 6 heteroatoms. The molecular formula is C13H19NO4S. The minimum Gasteiger partial charge on any atom is -0.467 e. The molecule has 0 aliphatic heterocycles. The van der Waals surface area contributed by atoms with Crippen LogP contribution in [0.1, 0.15) is 30.2 Å². The Morgan fingerprint density at radius 1 is 1.42 bits per heavy atom. The van der Waals surface area contributed by atoms with Crippen LogP contribution < -0.4 is 5.32 Å². The number of esters is 1. The van der Waals surface area contributed by atoms with Crippen LogP contribution in [0.4, 0.5) is 0 Å². The van der Waals surface area contributed by atoms with Crippen molar-refractivity contribution in [1.82, 2.24) is 5.32 Å². The number of carbonyl (C=O) groups is 2. The van der Waals surface area contributed by atoms with Gasteiger partial charge in [-0.15, -0.1) is 0 Å². The van der Waals surface area contributed by atoms with Crippen molar-refractivity contribution in [3.05, 3.63) is 23.7 Å². The molecule has 0 radical (unpaired) electrons. The summed E-state index contributed by atoms with van der Waals surface area (Å²) in [6, 6.07) is 2.69. The van der Waals surface area contributed by atoms with Gasteiger partial charge in [-0.2, -0.15) is 11.8 Å². The van der Waals surface area contributed by atoms with E-state index in [-0.39, 0.29) is 11.7 Å². The first-order valence-corrected chi connectivity index (χ1v) is 7.35. The lowest BCUT2D eigenvalue weighted by Crippen LogP contribution is -2.44. The standard InChI is InChI=1S/C13H19NO4S/c1-8(2)11(13(16)17-3)14-12(15)10-6-5-9(18-10)7-19-4/h5-6,8,11H,7H2,1-4H3,(H,14,15). The summed E-state index contributed by atoms with van der Waals surface area (Å²) in [7, 11) is 1.30. The van der Waals surface area contributed by atoms with Gasteiger partial charge in [0.15, 0.2) is 5.76 Å². The van der Waals surface area contributed by atoms with Crippen molar-refractivity contribution >= 4 is 23.6 Å². The lowest BCUT2D eigenvalue weighted by atomic mass is 10.0. The smallest absolute Gasteiger partial charge is 0.328 e. The van der Waals surface area contributed by atoms with E-state index in [9.17, 15) is 9.59 Å². The normalized spacial score (nSPS) is 12.3. The van der Waals surface area contributed by atoms with Crippen LogP contribution >= 0.6 is 11.8 Å². The van der Waals surface area contributed by atoms with Crippen molar-refractivity contribution in [2.24, 2.45) is 5.92 Å². The Balaban J connectivity index is 2.73. The van der Waals surface area contributed by atoms with E-state index in [1.54, 1.807) is 23.9 Å². The molecule has 1 unspecified atom stereocenters. The molecule has 0 aliphatic rings. The second kappa shape index (κ2) is 7.23. The summed E-state index contributed by atoms with van der Waals surface area (Å²) >= 11 is 1.61. The van der Waals surface area contributed by atoms with Crippen molar-refractivity contribution in [3.8, 4) is 0 Å². The molecular weight excluding hydrogens is 266 g/mol. The maximum absolute atomic E-state index is 12.0. The van der Waals surface area contributed by atoms with E-state index in [0.717, 1.165) is 5.76 Å². The number of furan rings is 1. The van der Waals surface area contributed by atoms with Crippen molar-refractivity contribution in [1.29, 1.82) is 0 Å². The highest BCUT2D eigenvalue weighted by atomic mass is 32.2. The van der Waals surface area contributed by atoms with Gasteiger partial charge in [0.25, 0.3) is 5.91 Å². The summed E-state index contributed by atoms with van der Waals surface area (Å²) in [5.74, 6) is 0.723. The number of thioether (sulfide) groups is 1. The molecule has 0 aliphatic carbocycles. The zero-order valence-electron chi connectivity index (χ0n) is 11.6. The minimum absolute atomic E-state index is 0.0583. The molecule has 0 aromatic carbocycles. The maximum atomic E-state index is 12.0. The average molecular weight is 285 g/mol. The molecule has 0 spiro atoms. The van der Waals surface area contributed by atoms with Crippen molar-refractivity contribution < 1.29 is 18.7 Å². The second-order valence-electron chi connectivity index (χ2n) is 4.42. The van der Waals surface area contributed by atoms with Crippen LogP contribution in [0.2, 0.25) is 0 Å². The minimum atomic E-state index is -0.674. The summed E-state index contributed by atoms with van der Waals surface area (Å²) < 4.78 is 10.1. The molecule has 1 amide bonds. The molecule has 0 saturated heterocycles. The molecule has 0 saturated carbocycles. The Bertz CT molecular complexity index is 442. The molecule has 1 atom stereocenters. The Hall–Kier alpha value is -1.43. The van der Waals surface area contributed by atoms with Gasteiger partial charge in [-0.25, -0.2) is 4.79 Å². The Labute approximate surface area is 117 Å². The van der Waals surface area contributed by atoms with Crippen LogP contribution in [-0.2, 0) is 15.3 Å². The number of rotatable bonds is 6. The number of ether oxygens (including phenoxy) is 1. The van der Waals surface area contributed by atoms with Crippen molar-refractivity contribution in [2.75, 3.05) is 13.4 Å². The molecule has 5 nitrogen and oxygen atoms in total. The third-order valence-electron chi connectivity index (χ3n) is 2.58. The molecule has 106 valence electrons. The van der Waals surface area contributed by atoms with Gasteiger partial charge in [0.05, 0.1) is 12.9 Å². The summed E-state index contributed by atoms with van der Waals surface area (Å²) in [6.07, 6.45) is 1.95. The lowest BCUT2D eigenvalue weighted by Gasteiger charge is -2.18. The molecule has 19 heavy (non-hydrogen) atoms. The quantitative estimate of drug-likeness (QED) is 0.810. The Morgan fingerprint density at radius 3 is 2.63 bits per heavy atom. The van der Waals surface area contributed by atoms with E-state index in [4.69, 9.17) is 4.42 Å². The van der Waals surface area contributed by atoms with Gasteiger partial charge in [0.1, 0.15) is 11.8 Å². The van der Waals surface area contributed by atoms with E-state index >= 15 is 0 Å². The van der Waals surface area contributed by atoms with E-state index in [0.29, 0.717) is 5.75 Å². The molecule has 1 N–H and O–H groups in total. The topological polar surface area (TPSA) is 68.5 Å². The number of nitrogens with one attached hydrogen (secondary N) is 1. The fraction of sp³-hybridized carbons (Fsp3) is 0.538. The van der Waals surface area contributed by atoms with Crippen LogP contribution in [0, 0.1) is 5.92 Å². The third kappa shape index (κ3) is 4.31. The van der Waals surface area contributed by atoms with Crippen molar-refractivity contribution in [3.63, 3.8) is 0 Å². The van der Waals surface area contributed by atoms with E-state index in [1.807, 2.05) is 20.1 Å². The highest BCUT2D eigenvalue weighted by molar-refractivity contribution is 7.97. The van der Waals surface area contributed by atoms with Gasteiger partial charge in [-0.1, -0.05) is 13.8 Å². The van der Waals surface area contributed by atoms with Gasteiger partial charge in [0.2, 0.25) is 0 Å². The molecule has 1 aromatic rings. The SMILES string of the molecule is COC(=O)C(NC(=O)c1ccc(CSC)o1)C(C)C. The largest absolute Gasteiger partial charge is 0.467 e. The van der Waals surface area contributed by atoms with Crippen LogP contribution in [0.5, 0.6) is 0 Å². The second-order valence-corrected chi connectivity index (χ2v) is 5.28. The van der Waals surface area contributed by atoms with E-state index in [2.05, 4.69) is 10.1 Å². The van der Waals surface area contributed by atoms with Gasteiger partial charge < -0.3 is 14.5 Å². The fourth-order valence-electron chi connectivity index (χ4n) is 1.56. The molecule has 1 rings (SSSR count). The number of hydrogen-bond acceptors (Lipinski definition) is 5. The first kappa shape index (κ1) is 15.6. The third-order valence-corrected chi connectivity index (χ3v) is 3.15. The predicted octanol–water partition coefficient (Wildman–Crippen LogP) is 2.07. The number of carbonyl (C=O) groups excluding carboxylic acids is 2. The molecule has 0 fully saturated rings. The van der Waals surface area contributed by atoms with Crippen LogP contribution in [0.3, 0.4) is 0 Å². The summed E-state index contributed by atoms with van der Waals surface area (Å²) in [4.78, 5) is 23.5. The summed E-state index contributed by atoms with van der Waals surface area (Å²) in [5, 5.41) is 2.62. The maximum Gasteiger partial charge on any atom is 0.328 e. The monoisotopic (exact) mass is 285 g/mol. The van der Waals surface area contributed by atoms with Crippen molar-refractivity contribution in [2.45, 2.75) is 25.6 Å². The van der Waals surface area contributed by atoms with E-state index in [1.165, 1.54) is 7.11 Å². The fourth-order valence-corrected chi connectivity index (χ4v) is 2.00. The average Bonchev–Trinajstić information content (AvgIpc) is 2.83. The highest BCUT2D eigenvalue weighted by Crippen LogP contribution is 2.14. The molecule has 1 aromatic heterocycles. The van der Waals surface area contributed by atoms with Crippen LogP contribution in [0.15, 0.2) is 16.5 Å². The Kier molecular flexibility index (Phi) is 5.95. The highest BCUT2D eigenvalue weighted by Gasteiger charge is 2.26. The van der Waals surface area contributed by atoms with Gasteiger partial charge in [-0.05, 0) is 24.3 Å². The number of methoxy groups -OCH3 is 1. The van der Waals surface area contributed by atoms with E-state index < -0.39 is 17.9 Å². The van der Waals surface area contributed by atoms with Gasteiger partial charge in [0, 0.05) is 0 Å². The van der Waals surface area contributed by atoms with Crippen LogP contribution in [0.25, 0.3) is 0 Å². The van der Waals surface area contributed by atoms with Gasteiger partial charge in [-0.3, -0.25) is 4.79 Å². The first-order chi connectivity index (χ1) is 8.99. The zero-order valence-corrected chi connectivity index (χ0v) is 12.4. The number of amides is 1. The predicted molar refractivity (Wildman–Crippen MR) is 74.0 cm³/mol. The van der Waals surface area contributed by atoms with Crippen LogP contribution in [-0.4, -0.2) is 31.3 Å². The summed E-state index contributed by atoms with van der Waals surface area (Å²) in [5.41, 5.74) is 0. The molecule has 0 bridgehead atoms.